The summed E-state index contributed by atoms with van der Waals surface area (Å²) in [7, 11) is 0. The zero-order valence-electron chi connectivity index (χ0n) is 8.78. The summed E-state index contributed by atoms with van der Waals surface area (Å²) in [6.45, 7) is 0.905. The lowest BCUT2D eigenvalue weighted by molar-refractivity contribution is 0.129. The fourth-order valence-electron chi connectivity index (χ4n) is 1.64. The van der Waals surface area contributed by atoms with Crippen molar-refractivity contribution in [3.05, 3.63) is 28.2 Å². The van der Waals surface area contributed by atoms with Gasteiger partial charge in [0.05, 0.1) is 11.7 Å². The largest absolute Gasteiger partial charge is 0.377 e. The number of rotatable bonds is 3. The van der Waals surface area contributed by atoms with E-state index in [9.17, 15) is 0 Å². The molecule has 0 N–H and O–H groups in total. The van der Waals surface area contributed by atoms with Crippen molar-refractivity contribution in [1.82, 2.24) is 0 Å². The average molecular weight is 298 g/mol. The Morgan fingerprint density at radius 3 is 3.06 bits per heavy atom. The second-order valence-corrected chi connectivity index (χ2v) is 5.65. The molecule has 84 valence electrons. The molecule has 1 aromatic carbocycles. The van der Waals surface area contributed by atoms with Gasteiger partial charge in [-0.15, -0.1) is 11.8 Å². The van der Waals surface area contributed by atoms with Crippen LogP contribution in [0.25, 0.3) is 0 Å². The molecule has 1 fully saturated rings. The van der Waals surface area contributed by atoms with E-state index in [-0.39, 0.29) is 0 Å². The fraction of sp³-hybridized carbons (Fsp3) is 0.417. The standard InChI is InChI=1S/C12H12BrNOS/c13-12-6-11(4-3-9(12)7-14)16-8-10-2-1-5-15-10/h3-4,6,10H,1-2,5,8H2. The van der Waals surface area contributed by atoms with Gasteiger partial charge in [-0.05, 0) is 47.0 Å². The van der Waals surface area contributed by atoms with Gasteiger partial charge in [0.15, 0.2) is 0 Å². The molecule has 2 nitrogen and oxygen atoms in total. The van der Waals surface area contributed by atoms with Gasteiger partial charge in [-0.2, -0.15) is 5.26 Å². The maximum absolute atomic E-state index is 8.81. The van der Waals surface area contributed by atoms with Crippen LogP contribution in [0.2, 0.25) is 0 Å². The lowest BCUT2D eigenvalue weighted by Crippen LogP contribution is -2.07. The van der Waals surface area contributed by atoms with E-state index in [0.29, 0.717) is 11.7 Å². The van der Waals surface area contributed by atoms with E-state index < -0.39 is 0 Å². The smallest absolute Gasteiger partial charge is 0.100 e. The molecule has 2 rings (SSSR count). The van der Waals surface area contributed by atoms with Gasteiger partial charge in [-0.25, -0.2) is 0 Å². The van der Waals surface area contributed by atoms with Gasteiger partial charge in [-0.3, -0.25) is 0 Å². The lowest BCUT2D eigenvalue weighted by Gasteiger charge is -2.08. The van der Waals surface area contributed by atoms with Gasteiger partial charge in [0, 0.05) is 21.7 Å². The monoisotopic (exact) mass is 297 g/mol. The zero-order valence-corrected chi connectivity index (χ0v) is 11.2. The molecule has 16 heavy (non-hydrogen) atoms. The van der Waals surface area contributed by atoms with Crippen LogP contribution in [0.1, 0.15) is 18.4 Å². The Morgan fingerprint density at radius 1 is 1.56 bits per heavy atom. The van der Waals surface area contributed by atoms with Crippen LogP contribution >= 0.6 is 27.7 Å². The highest BCUT2D eigenvalue weighted by Gasteiger charge is 2.15. The molecule has 0 spiro atoms. The quantitative estimate of drug-likeness (QED) is 0.799. The van der Waals surface area contributed by atoms with Gasteiger partial charge < -0.3 is 4.74 Å². The molecule has 0 saturated carbocycles. The molecule has 0 aliphatic carbocycles. The van der Waals surface area contributed by atoms with E-state index >= 15 is 0 Å². The molecule has 0 radical (unpaired) electrons. The molecular formula is C12H12BrNOS. The fourth-order valence-corrected chi connectivity index (χ4v) is 3.27. The first-order valence-electron chi connectivity index (χ1n) is 5.23. The minimum absolute atomic E-state index is 0.402. The van der Waals surface area contributed by atoms with Gasteiger partial charge in [-0.1, -0.05) is 0 Å². The molecule has 1 atom stereocenters. The van der Waals surface area contributed by atoms with Gasteiger partial charge in [0.2, 0.25) is 0 Å². The van der Waals surface area contributed by atoms with Crippen LogP contribution < -0.4 is 0 Å². The number of nitrogens with zero attached hydrogens (tertiary/aromatic N) is 1. The Morgan fingerprint density at radius 2 is 2.44 bits per heavy atom. The van der Waals surface area contributed by atoms with E-state index in [0.717, 1.165) is 16.8 Å². The van der Waals surface area contributed by atoms with E-state index in [1.54, 1.807) is 11.8 Å². The molecular weight excluding hydrogens is 286 g/mol. The van der Waals surface area contributed by atoms with Crippen LogP contribution in [0.3, 0.4) is 0 Å². The first kappa shape index (κ1) is 12.0. The highest BCUT2D eigenvalue weighted by Crippen LogP contribution is 2.27. The second-order valence-electron chi connectivity index (χ2n) is 3.70. The van der Waals surface area contributed by atoms with Crippen LogP contribution in [0, 0.1) is 11.3 Å². The molecule has 1 aliphatic heterocycles. The normalized spacial score (nSPS) is 19.6. The van der Waals surface area contributed by atoms with Gasteiger partial charge >= 0.3 is 0 Å². The molecule has 4 heteroatoms. The van der Waals surface area contributed by atoms with Crippen molar-refractivity contribution in [1.29, 1.82) is 5.26 Å². The molecule has 1 aromatic rings. The first-order valence-corrected chi connectivity index (χ1v) is 7.01. The van der Waals surface area contributed by atoms with Crippen molar-refractivity contribution in [3.63, 3.8) is 0 Å². The van der Waals surface area contributed by atoms with Crippen molar-refractivity contribution < 1.29 is 4.74 Å². The predicted octanol–water partition coefficient (Wildman–Crippen LogP) is 3.59. The molecule has 0 amide bonds. The van der Waals surface area contributed by atoms with E-state index in [1.807, 2.05) is 18.2 Å². The Balaban J connectivity index is 1.94. The zero-order chi connectivity index (χ0) is 11.4. The number of nitriles is 1. The van der Waals surface area contributed by atoms with Crippen LogP contribution in [0.5, 0.6) is 0 Å². The Kier molecular flexibility index (Phi) is 4.28. The molecule has 0 aromatic heterocycles. The number of hydrogen-bond donors (Lipinski definition) is 0. The number of hydrogen-bond acceptors (Lipinski definition) is 3. The van der Waals surface area contributed by atoms with Crippen molar-refractivity contribution in [2.24, 2.45) is 0 Å². The SMILES string of the molecule is N#Cc1ccc(SCC2CCCO2)cc1Br. The molecule has 1 saturated heterocycles. The van der Waals surface area contributed by atoms with E-state index in [4.69, 9.17) is 10.00 Å². The highest BCUT2D eigenvalue weighted by molar-refractivity contribution is 9.10. The second kappa shape index (κ2) is 5.72. The minimum atomic E-state index is 0.402. The summed E-state index contributed by atoms with van der Waals surface area (Å²) in [5.74, 6) is 0.998. The number of ether oxygens (including phenoxy) is 1. The van der Waals surface area contributed by atoms with Crippen molar-refractivity contribution in [3.8, 4) is 6.07 Å². The number of thioether (sulfide) groups is 1. The van der Waals surface area contributed by atoms with Crippen molar-refractivity contribution in [2.45, 2.75) is 23.8 Å². The number of halogens is 1. The van der Waals surface area contributed by atoms with Crippen molar-refractivity contribution in [2.75, 3.05) is 12.4 Å². The highest BCUT2D eigenvalue weighted by atomic mass is 79.9. The Labute approximate surface area is 108 Å². The summed E-state index contributed by atoms with van der Waals surface area (Å²) in [5.41, 5.74) is 0.682. The third-order valence-corrected chi connectivity index (χ3v) is 4.30. The maximum atomic E-state index is 8.81. The summed E-state index contributed by atoms with van der Waals surface area (Å²) in [5, 5.41) is 8.81. The summed E-state index contributed by atoms with van der Waals surface area (Å²) < 4.78 is 6.43. The summed E-state index contributed by atoms with van der Waals surface area (Å²) in [6.07, 6.45) is 2.76. The minimum Gasteiger partial charge on any atom is -0.377 e. The van der Waals surface area contributed by atoms with Gasteiger partial charge in [0.25, 0.3) is 0 Å². The third kappa shape index (κ3) is 3.00. The molecule has 1 heterocycles. The molecule has 1 unspecified atom stereocenters. The molecule has 1 aliphatic rings. The first-order chi connectivity index (χ1) is 7.79. The number of benzene rings is 1. The molecule has 0 bridgehead atoms. The summed E-state index contributed by atoms with van der Waals surface area (Å²) >= 11 is 5.18. The predicted molar refractivity (Wildman–Crippen MR) is 68.6 cm³/mol. The average Bonchev–Trinajstić information content (AvgIpc) is 2.79. The maximum Gasteiger partial charge on any atom is 0.100 e. The summed E-state index contributed by atoms with van der Waals surface area (Å²) in [6, 6.07) is 7.98. The van der Waals surface area contributed by atoms with Crippen LogP contribution in [-0.2, 0) is 4.74 Å². The topological polar surface area (TPSA) is 33.0 Å². The third-order valence-electron chi connectivity index (χ3n) is 2.52. The van der Waals surface area contributed by atoms with E-state index in [1.165, 1.54) is 17.7 Å². The van der Waals surface area contributed by atoms with Crippen LogP contribution in [0.4, 0.5) is 0 Å². The van der Waals surface area contributed by atoms with Gasteiger partial charge in [0.1, 0.15) is 6.07 Å². The lowest BCUT2D eigenvalue weighted by atomic mass is 10.2. The van der Waals surface area contributed by atoms with E-state index in [2.05, 4.69) is 22.0 Å². The Bertz CT molecular complexity index is 410. The van der Waals surface area contributed by atoms with Crippen molar-refractivity contribution >= 4 is 27.7 Å². The van der Waals surface area contributed by atoms with Crippen LogP contribution in [0.15, 0.2) is 27.6 Å². The van der Waals surface area contributed by atoms with Crippen LogP contribution in [-0.4, -0.2) is 18.5 Å². The summed E-state index contributed by atoms with van der Waals surface area (Å²) in [4.78, 5) is 1.18. The Hall–Kier alpha value is -0.500.